The van der Waals surface area contributed by atoms with Gasteiger partial charge < -0.3 is 4.43 Å². The molecule has 2 rings (SSSR count). The van der Waals surface area contributed by atoms with Crippen LogP contribution < -0.4 is 0 Å². The molecule has 2 aliphatic rings. The second-order valence-electron chi connectivity index (χ2n) is 8.93. The molecule has 2 fully saturated rings. The van der Waals surface area contributed by atoms with Gasteiger partial charge >= 0.3 is 0 Å². The zero-order valence-electron chi connectivity index (χ0n) is 16.2. The summed E-state index contributed by atoms with van der Waals surface area (Å²) in [6, 6.07) is 1.51. The molecule has 0 bridgehead atoms. The highest BCUT2D eigenvalue weighted by Crippen LogP contribution is 2.61. The van der Waals surface area contributed by atoms with Crippen LogP contribution in [0, 0.1) is 0 Å². The largest absolute Gasteiger partial charge is 0.417 e. The van der Waals surface area contributed by atoms with Crippen molar-refractivity contribution in [3.8, 4) is 0 Å². The highest BCUT2D eigenvalue weighted by molar-refractivity contribution is 6.74. The Hall–Kier alpha value is 0.0969. The minimum atomic E-state index is -1.58. The van der Waals surface area contributed by atoms with Crippen LogP contribution >= 0.6 is 0 Å². The van der Waals surface area contributed by atoms with E-state index in [1.807, 2.05) is 0 Å². The van der Waals surface area contributed by atoms with Crippen molar-refractivity contribution in [1.82, 2.24) is 9.80 Å². The van der Waals surface area contributed by atoms with E-state index in [0.717, 1.165) is 12.6 Å². The quantitative estimate of drug-likeness (QED) is 0.375. The lowest BCUT2D eigenvalue weighted by molar-refractivity contribution is 0.276. The Balaban J connectivity index is 1.77. The van der Waals surface area contributed by atoms with Crippen LogP contribution in [0.2, 0.25) is 18.1 Å². The highest BCUT2D eigenvalue weighted by atomic mass is 28.4. The van der Waals surface area contributed by atoms with Crippen molar-refractivity contribution in [3.63, 3.8) is 0 Å². The first-order valence-electron chi connectivity index (χ1n) is 9.20. The van der Waals surface area contributed by atoms with E-state index in [1.165, 1.54) is 32.1 Å². The molecule has 130 valence electrons. The summed E-state index contributed by atoms with van der Waals surface area (Å²) in [4.78, 5) is 5.18. The van der Waals surface area contributed by atoms with Gasteiger partial charge in [0.1, 0.15) is 5.66 Å². The van der Waals surface area contributed by atoms with Gasteiger partial charge in [-0.05, 0) is 45.1 Å². The number of hydrogen-bond donors (Lipinski definition) is 0. The van der Waals surface area contributed by atoms with Crippen LogP contribution in [-0.2, 0) is 4.43 Å². The van der Waals surface area contributed by atoms with E-state index in [9.17, 15) is 0 Å². The number of hydrogen-bond acceptors (Lipinski definition) is 3. The Morgan fingerprint density at radius 3 is 2.05 bits per heavy atom. The second kappa shape index (κ2) is 6.19. The van der Waals surface area contributed by atoms with Crippen molar-refractivity contribution >= 4 is 8.32 Å². The number of rotatable bonds is 8. The summed E-state index contributed by atoms with van der Waals surface area (Å²) in [5.74, 6) is 0. The van der Waals surface area contributed by atoms with Crippen molar-refractivity contribution in [2.24, 2.45) is 0 Å². The molecular weight excluding hydrogens is 288 g/mol. The summed E-state index contributed by atoms with van der Waals surface area (Å²) in [7, 11) is 3.02. The summed E-state index contributed by atoms with van der Waals surface area (Å²) in [5, 5.41) is 0.319. The number of likely N-dealkylation sites (N-methyl/N-ethyl adjacent to an activating group) is 2. The van der Waals surface area contributed by atoms with E-state index in [2.05, 4.69) is 64.7 Å². The average molecular weight is 327 g/mol. The smallest absolute Gasteiger partial charge is 0.191 e. The minimum Gasteiger partial charge on any atom is -0.417 e. The summed E-state index contributed by atoms with van der Waals surface area (Å²) in [6.45, 7) is 14.9. The maximum Gasteiger partial charge on any atom is 0.191 e. The second-order valence-corrected chi connectivity index (χ2v) is 13.7. The SMILES string of the molecule is CCCCC[C@@H]1N(C)[C@@]12[C@H](CCO[Si](C)(C)C(C)(C)C)N2C. The minimum absolute atomic E-state index is 0.319. The average Bonchev–Trinajstić information content (AvgIpc) is 3.18. The van der Waals surface area contributed by atoms with Crippen LogP contribution in [0.25, 0.3) is 0 Å². The van der Waals surface area contributed by atoms with Gasteiger partial charge in [-0.25, -0.2) is 0 Å². The molecule has 2 unspecified atom stereocenters. The summed E-state index contributed by atoms with van der Waals surface area (Å²) in [5.41, 5.74) is 0.407. The Kier molecular flexibility index (Phi) is 5.19. The molecule has 0 radical (unpaired) electrons. The Bertz CT molecular complexity index is 393. The molecule has 0 aromatic rings. The van der Waals surface area contributed by atoms with Gasteiger partial charge in [0, 0.05) is 18.7 Å². The molecule has 0 aliphatic carbocycles. The third-order valence-corrected chi connectivity index (χ3v) is 11.2. The maximum absolute atomic E-state index is 6.38. The zero-order chi connectivity index (χ0) is 16.8. The summed E-state index contributed by atoms with van der Waals surface area (Å²) >= 11 is 0. The van der Waals surface area contributed by atoms with Gasteiger partial charge in [-0.2, -0.15) is 0 Å². The predicted octanol–water partition coefficient (Wildman–Crippen LogP) is 4.30. The van der Waals surface area contributed by atoms with Gasteiger partial charge in [-0.1, -0.05) is 47.0 Å². The molecule has 2 saturated heterocycles. The van der Waals surface area contributed by atoms with E-state index >= 15 is 0 Å². The van der Waals surface area contributed by atoms with Crippen molar-refractivity contribution < 1.29 is 4.43 Å². The lowest BCUT2D eigenvalue weighted by atomic mass is 10.1. The lowest BCUT2D eigenvalue weighted by Gasteiger charge is -2.36. The summed E-state index contributed by atoms with van der Waals surface area (Å²) in [6.07, 6.45) is 6.65. The Morgan fingerprint density at radius 2 is 1.55 bits per heavy atom. The molecule has 1 spiro atoms. The van der Waals surface area contributed by atoms with Gasteiger partial charge in [0.15, 0.2) is 8.32 Å². The first-order valence-corrected chi connectivity index (χ1v) is 12.1. The van der Waals surface area contributed by atoms with Crippen molar-refractivity contribution in [2.75, 3.05) is 20.7 Å². The molecule has 0 aromatic carbocycles. The Labute approximate surface area is 139 Å². The van der Waals surface area contributed by atoms with Crippen LogP contribution in [-0.4, -0.2) is 56.6 Å². The standard InChI is InChI=1S/C18H38N2OSi/c1-9-10-11-12-15-18(19(15)5)16(20(18)6)13-14-21-22(7,8)17(2,3)4/h15-16H,9-14H2,1-8H3/t15-,16-,18-,19?,20?/m0/s1. The van der Waals surface area contributed by atoms with Crippen molar-refractivity contribution in [2.45, 2.75) is 95.7 Å². The number of unbranched alkanes of at least 4 members (excludes halogenated alkanes) is 2. The topological polar surface area (TPSA) is 15.2 Å². The molecule has 0 amide bonds. The molecule has 5 atom stereocenters. The van der Waals surface area contributed by atoms with Crippen LogP contribution in [0.4, 0.5) is 0 Å². The first-order chi connectivity index (χ1) is 10.1. The third kappa shape index (κ3) is 3.04. The normalized spacial score (nSPS) is 37.6. The van der Waals surface area contributed by atoms with E-state index in [-0.39, 0.29) is 0 Å². The van der Waals surface area contributed by atoms with Crippen LogP contribution in [0.15, 0.2) is 0 Å². The van der Waals surface area contributed by atoms with Crippen LogP contribution in [0.5, 0.6) is 0 Å². The third-order valence-electron chi connectivity index (χ3n) is 6.65. The maximum atomic E-state index is 6.38. The first kappa shape index (κ1) is 18.4. The van der Waals surface area contributed by atoms with Crippen LogP contribution in [0.1, 0.15) is 59.8 Å². The molecule has 2 aliphatic heterocycles. The van der Waals surface area contributed by atoms with Gasteiger partial charge in [0.25, 0.3) is 0 Å². The predicted molar refractivity (Wildman–Crippen MR) is 97.7 cm³/mol. The molecule has 0 N–H and O–H groups in total. The summed E-state index contributed by atoms with van der Waals surface area (Å²) < 4.78 is 6.38. The fraction of sp³-hybridized carbons (Fsp3) is 1.00. The van der Waals surface area contributed by atoms with E-state index in [0.29, 0.717) is 16.7 Å². The van der Waals surface area contributed by atoms with E-state index in [4.69, 9.17) is 4.43 Å². The van der Waals surface area contributed by atoms with Crippen LogP contribution in [0.3, 0.4) is 0 Å². The van der Waals surface area contributed by atoms with Gasteiger partial charge in [0.05, 0.1) is 0 Å². The molecular formula is C18H38N2OSi. The molecule has 2 heterocycles. The van der Waals surface area contributed by atoms with Gasteiger partial charge in [0.2, 0.25) is 0 Å². The molecule has 0 saturated carbocycles. The van der Waals surface area contributed by atoms with E-state index in [1.54, 1.807) is 0 Å². The van der Waals surface area contributed by atoms with Crippen molar-refractivity contribution in [1.29, 1.82) is 0 Å². The van der Waals surface area contributed by atoms with Gasteiger partial charge in [-0.3, -0.25) is 9.80 Å². The van der Waals surface area contributed by atoms with Gasteiger partial charge in [-0.15, -0.1) is 0 Å². The zero-order valence-corrected chi connectivity index (χ0v) is 17.2. The molecule has 3 nitrogen and oxygen atoms in total. The molecule has 4 heteroatoms. The Morgan fingerprint density at radius 1 is 1.00 bits per heavy atom. The molecule has 0 aromatic heterocycles. The number of nitrogens with zero attached hydrogens (tertiary/aromatic N) is 2. The van der Waals surface area contributed by atoms with Crippen molar-refractivity contribution in [3.05, 3.63) is 0 Å². The fourth-order valence-electron chi connectivity index (χ4n) is 3.97. The molecule has 22 heavy (non-hydrogen) atoms. The monoisotopic (exact) mass is 326 g/mol. The van der Waals surface area contributed by atoms with E-state index < -0.39 is 8.32 Å². The lowest BCUT2D eigenvalue weighted by Crippen LogP contribution is -2.41. The highest BCUT2D eigenvalue weighted by Gasteiger charge is 2.78. The fourth-order valence-corrected chi connectivity index (χ4v) is 5.03.